The minimum Gasteiger partial charge on any atom is -0.480 e. The van der Waals surface area contributed by atoms with E-state index in [1.807, 2.05) is 27.7 Å². The number of carbonyl (C=O) groups is 2. The third kappa shape index (κ3) is 5.49. The van der Waals surface area contributed by atoms with Crippen molar-refractivity contribution in [3.8, 4) is 0 Å². The molecule has 0 heterocycles. The zero-order chi connectivity index (χ0) is 14.3. The SMILES string of the molecule is CCN(CC)C(=O)C(C)N(CC(=O)O)CC(C)C. The Hall–Kier alpha value is -1.10. The first-order valence-corrected chi connectivity index (χ1v) is 6.58. The van der Waals surface area contributed by atoms with E-state index in [4.69, 9.17) is 5.11 Å². The van der Waals surface area contributed by atoms with Gasteiger partial charge in [-0.15, -0.1) is 0 Å². The average molecular weight is 258 g/mol. The highest BCUT2D eigenvalue weighted by molar-refractivity contribution is 5.82. The van der Waals surface area contributed by atoms with Gasteiger partial charge in [0.2, 0.25) is 5.91 Å². The molecule has 0 aromatic rings. The van der Waals surface area contributed by atoms with Crippen molar-refractivity contribution in [2.45, 2.75) is 40.7 Å². The van der Waals surface area contributed by atoms with E-state index in [0.717, 1.165) is 0 Å². The fourth-order valence-electron chi connectivity index (χ4n) is 1.96. The van der Waals surface area contributed by atoms with Crippen LogP contribution in [0.4, 0.5) is 0 Å². The van der Waals surface area contributed by atoms with Gasteiger partial charge in [0.05, 0.1) is 12.6 Å². The number of aliphatic carboxylic acids is 1. The first kappa shape index (κ1) is 16.9. The molecule has 0 aliphatic rings. The van der Waals surface area contributed by atoms with E-state index in [9.17, 15) is 9.59 Å². The third-order valence-corrected chi connectivity index (χ3v) is 2.92. The summed E-state index contributed by atoms with van der Waals surface area (Å²) in [5, 5.41) is 8.91. The Morgan fingerprint density at radius 3 is 1.94 bits per heavy atom. The molecule has 18 heavy (non-hydrogen) atoms. The van der Waals surface area contributed by atoms with Crippen molar-refractivity contribution >= 4 is 11.9 Å². The van der Waals surface area contributed by atoms with Gasteiger partial charge in [-0.2, -0.15) is 0 Å². The van der Waals surface area contributed by atoms with Crippen LogP contribution in [0, 0.1) is 5.92 Å². The predicted octanol–water partition coefficient (Wildman–Crippen LogP) is 1.29. The van der Waals surface area contributed by atoms with E-state index >= 15 is 0 Å². The molecule has 0 saturated carbocycles. The Morgan fingerprint density at radius 1 is 1.11 bits per heavy atom. The lowest BCUT2D eigenvalue weighted by Gasteiger charge is -2.31. The van der Waals surface area contributed by atoms with Crippen LogP contribution in [0.5, 0.6) is 0 Å². The predicted molar refractivity (Wildman–Crippen MR) is 71.4 cm³/mol. The maximum atomic E-state index is 12.2. The number of nitrogens with zero attached hydrogens (tertiary/aromatic N) is 2. The monoisotopic (exact) mass is 258 g/mol. The molecular formula is C13H26N2O3. The number of carboxylic acid groups (broad SMARTS) is 1. The van der Waals surface area contributed by atoms with Crippen LogP contribution in [-0.2, 0) is 9.59 Å². The largest absolute Gasteiger partial charge is 0.480 e. The lowest BCUT2D eigenvalue weighted by Crippen LogP contribution is -2.49. The van der Waals surface area contributed by atoms with E-state index in [1.54, 1.807) is 16.7 Å². The lowest BCUT2D eigenvalue weighted by molar-refractivity contribution is -0.142. The van der Waals surface area contributed by atoms with Crippen LogP contribution in [0.3, 0.4) is 0 Å². The van der Waals surface area contributed by atoms with Gasteiger partial charge >= 0.3 is 5.97 Å². The van der Waals surface area contributed by atoms with Gasteiger partial charge in [0, 0.05) is 19.6 Å². The summed E-state index contributed by atoms with van der Waals surface area (Å²) in [4.78, 5) is 26.5. The standard InChI is InChI=1S/C13H26N2O3/c1-6-14(7-2)13(18)11(5)15(8-10(3)4)9-12(16)17/h10-11H,6-9H2,1-5H3,(H,16,17). The summed E-state index contributed by atoms with van der Waals surface area (Å²) in [6.07, 6.45) is 0. The lowest BCUT2D eigenvalue weighted by atomic mass is 10.1. The second-order valence-corrected chi connectivity index (χ2v) is 4.90. The summed E-state index contributed by atoms with van der Waals surface area (Å²) in [6.45, 7) is 11.5. The molecule has 0 radical (unpaired) electrons. The van der Waals surface area contributed by atoms with Gasteiger partial charge in [0.15, 0.2) is 0 Å². The fourth-order valence-corrected chi connectivity index (χ4v) is 1.96. The Balaban J connectivity index is 4.76. The van der Waals surface area contributed by atoms with Crippen LogP contribution < -0.4 is 0 Å². The zero-order valence-electron chi connectivity index (χ0n) is 12.1. The molecule has 5 heteroatoms. The van der Waals surface area contributed by atoms with Crippen molar-refractivity contribution < 1.29 is 14.7 Å². The van der Waals surface area contributed by atoms with E-state index < -0.39 is 5.97 Å². The van der Waals surface area contributed by atoms with Crippen molar-refractivity contribution in [2.24, 2.45) is 5.92 Å². The molecule has 0 saturated heterocycles. The maximum absolute atomic E-state index is 12.2. The minimum absolute atomic E-state index is 0.00176. The molecule has 0 aliphatic carbocycles. The van der Waals surface area contributed by atoms with Gasteiger partial charge in [-0.1, -0.05) is 13.8 Å². The molecule has 5 nitrogen and oxygen atoms in total. The van der Waals surface area contributed by atoms with Crippen LogP contribution in [0.15, 0.2) is 0 Å². The number of hydrogen-bond donors (Lipinski definition) is 1. The molecule has 0 fully saturated rings. The zero-order valence-corrected chi connectivity index (χ0v) is 12.1. The van der Waals surface area contributed by atoms with Gasteiger partial charge in [-0.05, 0) is 26.7 Å². The Bertz CT molecular complexity index is 275. The summed E-state index contributed by atoms with van der Waals surface area (Å²) in [7, 11) is 0. The number of carbonyl (C=O) groups excluding carboxylic acids is 1. The number of rotatable bonds is 8. The highest BCUT2D eigenvalue weighted by Crippen LogP contribution is 2.08. The molecule has 106 valence electrons. The second kappa shape index (κ2) is 8.08. The Kier molecular flexibility index (Phi) is 7.59. The number of likely N-dealkylation sites (N-methyl/N-ethyl adjacent to an activating group) is 1. The van der Waals surface area contributed by atoms with Crippen LogP contribution in [0.25, 0.3) is 0 Å². The minimum atomic E-state index is -0.894. The van der Waals surface area contributed by atoms with Crippen LogP contribution in [0.1, 0.15) is 34.6 Å². The Morgan fingerprint density at radius 2 is 1.61 bits per heavy atom. The number of amides is 1. The quantitative estimate of drug-likeness (QED) is 0.712. The highest BCUT2D eigenvalue weighted by Gasteiger charge is 2.26. The van der Waals surface area contributed by atoms with Crippen molar-refractivity contribution in [1.29, 1.82) is 0 Å². The van der Waals surface area contributed by atoms with Crippen molar-refractivity contribution in [1.82, 2.24) is 9.80 Å². The van der Waals surface area contributed by atoms with E-state index in [-0.39, 0.29) is 18.5 Å². The molecular weight excluding hydrogens is 232 g/mol. The number of hydrogen-bond acceptors (Lipinski definition) is 3. The van der Waals surface area contributed by atoms with Crippen molar-refractivity contribution in [3.63, 3.8) is 0 Å². The molecule has 1 amide bonds. The van der Waals surface area contributed by atoms with Gasteiger partial charge in [-0.3, -0.25) is 14.5 Å². The highest BCUT2D eigenvalue weighted by atomic mass is 16.4. The van der Waals surface area contributed by atoms with Gasteiger partial charge in [-0.25, -0.2) is 0 Å². The summed E-state index contributed by atoms with van der Waals surface area (Å²) < 4.78 is 0. The molecule has 0 aliphatic heterocycles. The smallest absolute Gasteiger partial charge is 0.317 e. The average Bonchev–Trinajstić information content (AvgIpc) is 2.27. The first-order valence-electron chi connectivity index (χ1n) is 6.58. The summed E-state index contributed by atoms with van der Waals surface area (Å²) in [6, 6.07) is -0.386. The second-order valence-electron chi connectivity index (χ2n) is 4.90. The molecule has 1 unspecified atom stereocenters. The summed E-state index contributed by atoms with van der Waals surface area (Å²) in [5.41, 5.74) is 0. The van der Waals surface area contributed by atoms with Gasteiger partial charge in [0.25, 0.3) is 0 Å². The van der Waals surface area contributed by atoms with E-state index in [0.29, 0.717) is 25.6 Å². The van der Waals surface area contributed by atoms with Crippen LogP contribution >= 0.6 is 0 Å². The normalized spacial score (nSPS) is 12.8. The molecule has 0 aromatic carbocycles. The first-order chi connectivity index (χ1) is 8.33. The third-order valence-electron chi connectivity index (χ3n) is 2.92. The van der Waals surface area contributed by atoms with Crippen LogP contribution in [-0.4, -0.2) is 59.0 Å². The van der Waals surface area contributed by atoms with Gasteiger partial charge < -0.3 is 10.0 Å². The summed E-state index contributed by atoms with van der Waals surface area (Å²) >= 11 is 0. The Labute approximate surface area is 110 Å². The molecule has 0 spiro atoms. The van der Waals surface area contributed by atoms with Crippen molar-refractivity contribution in [2.75, 3.05) is 26.2 Å². The van der Waals surface area contributed by atoms with E-state index in [2.05, 4.69) is 0 Å². The summed E-state index contributed by atoms with van der Waals surface area (Å²) in [5.74, 6) is -0.562. The molecule has 0 bridgehead atoms. The molecule has 0 aromatic heterocycles. The van der Waals surface area contributed by atoms with E-state index in [1.165, 1.54) is 0 Å². The molecule has 1 N–H and O–H groups in total. The van der Waals surface area contributed by atoms with Gasteiger partial charge in [0.1, 0.15) is 0 Å². The maximum Gasteiger partial charge on any atom is 0.317 e. The molecule has 0 rings (SSSR count). The van der Waals surface area contributed by atoms with Crippen molar-refractivity contribution in [3.05, 3.63) is 0 Å². The topological polar surface area (TPSA) is 60.9 Å². The number of carboxylic acids is 1. The molecule has 1 atom stereocenters. The van der Waals surface area contributed by atoms with Crippen LogP contribution in [0.2, 0.25) is 0 Å². The fraction of sp³-hybridized carbons (Fsp3) is 0.846.